The lowest BCUT2D eigenvalue weighted by Crippen LogP contribution is -2.55. The average Bonchev–Trinajstić information content (AvgIpc) is 2.42. The molecule has 19 heavy (non-hydrogen) atoms. The summed E-state index contributed by atoms with van der Waals surface area (Å²) in [4.78, 5) is 5.29. The Balaban J connectivity index is 1.84. The minimum atomic E-state index is 0.645. The van der Waals surface area contributed by atoms with Crippen LogP contribution in [0.5, 0.6) is 0 Å². The fraction of sp³-hybridized carbons (Fsp3) is 1.00. The Kier molecular flexibility index (Phi) is 6.11. The summed E-state index contributed by atoms with van der Waals surface area (Å²) in [5.74, 6) is 1.76. The Hall–Kier alpha value is -0.120. The molecule has 0 radical (unpaired) electrons. The van der Waals surface area contributed by atoms with Gasteiger partial charge in [-0.1, -0.05) is 26.7 Å². The molecule has 1 saturated heterocycles. The Bertz CT molecular complexity index is 248. The molecule has 0 aromatic rings. The van der Waals surface area contributed by atoms with Crippen molar-refractivity contribution < 1.29 is 0 Å². The van der Waals surface area contributed by atoms with Gasteiger partial charge in [-0.3, -0.25) is 4.90 Å². The molecule has 3 unspecified atom stereocenters. The highest BCUT2D eigenvalue weighted by molar-refractivity contribution is 4.86. The van der Waals surface area contributed by atoms with Gasteiger partial charge < -0.3 is 10.6 Å². The maximum Gasteiger partial charge on any atom is 0.0247 e. The van der Waals surface area contributed by atoms with E-state index in [0.29, 0.717) is 6.04 Å². The minimum Gasteiger partial charge on any atom is -0.329 e. The van der Waals surface area contributed by atoms with Crippen molar-refractivity contribution in [1.29, 1.82) is 0 Å². The van der Waals surface area contributed by atoms with Gasteiger partial charge in [0.1, 0.15) is 0 Å². The zero-order valence-corrected chi connectivity index (χ0v) is 13.0. The summed E-state index contributed by atoms with van der Waals surface area (Å²) in [6.07, 6.45) is 6.93. The molecule has 0 bridgehead atoms. The zero-order chi connectivity index (χ0) is 13.7. The van der Waals surface area contributed by atoms with E-state index in [4.69, 9.17) is 5.73 Å². The van der Waals surface area contributed by atoms with Crippen LogP contribution in [-0.4, -0.2) is 55.1 Å². The first-order valence-electron chi connectivity index (χ1n) is 8.41. The lowest BCUT2D eigenvalue weighted by atomic mass is 9.78. The molecular formula is C16H33N3. The molecule has 1 saturated carbocycles. The van der Waals surface area contributed by atoms with Crippen LogP contribution in [0.4, 0.5) is 0 Å². The average molecular weight is 267 g/mol. The smallest absolute Gasteiger partial charge is 0.0247 e. The first-order valence-corrected chi connectivity index (χ1v) is 8.41. The molecule has 0 amide bonds. The molecule has 2 fully saturated rings. The molecule has 2 rings (SSSR count). The summed E-state index contributed by atoms with van der Waals surface area (Å²) in [5, 5.41) is 0. The molecule has 3 nitrogen and oxygen atoms in total. The van der Waals surface area contributed by atoms with E-state index in [1.807, 2.05) is 0 Å². The molecule has 0 aromatic carbocycles. The molecule has 0 aromatic heterocycles. The van der Waals surface area contributed by atoms with Gasteiger partial charge in [0.05, 0.1) is 0 Å². The topological polar surface area (TPSA) is 32.5 Å². The van der Waals surface area contributed by atoms with Gasteiger partial charge >= 0.3 is 0 Å². The largest absolute Gasteiger partial charge is 0.329 e. The summed E-state index contributed by atoms with van der Waals surface area (Å²) < 4.78 is 0. The maximum atomic E-state index is 6.12. The normalized spacial score (nSPS) is 32.4. The van der Waals surface area contributed by atoms with Gasteiger partial charge in [-0.05, 0) is 37.6 Å². The second kappa shape index (κ2) is 7.61. The highest BCUT2D eigenvalue weighted by Gasteiger charge is 2.31. The van der Waals surface area contributed by atoms with Crippen LogP contribution in [0.25, 0.3) is 0 Å². The van der Waals surface area contributed by atoms with Gasteiger partial charge in [0.2, 0.25) is 0 Å². The fourth-order valence-corrected chi connectivity index (χ4v) is 4.10. The fourth-order valence-electron chi connectivity index (χ4n) is 4.10. The highest BCUT2D eigenvalue weighted by atomic mass is 15.3. The number of rotatable bonds is 5. The lowest BCUT2D eigenvalue weighted by Gasteiger charge is -2.43. The van der Waals surface area contributed by atoms with Gasteiger partial charge in [-0.15, -0.1) is 0 Å². The number of piperazine rings is 1. The molecule has 1 heterocycles. The SMILES string of the molecule is CCCN1CCN(C(CN)C2CCCC(C)C2)CC1. The van der Waals surface area contributed by atoms with Gasteiger partial charge in [-0.2, -0.15) is 0 Å². The first-order chi connectivity index (χ1) is 9.24. The van der Waals surface area contributed by atoms with E-state index in [0.717, 1.165) is 18.4 Å². The van der Waals surface area contributed by atoms with Crippen molar-refractivity contribution >= 4 is 0 Å². The van der Waals surface area contributed by atoms with Crippen LogP contribution in [0.2, 0.25) is 0 Å². The Morgan fingerprint density at radius 1 is 1.16 bits per heavy atom. The van der Waals surface area contributed by atoms with Crippen LogP contribution >= 0.6 is 0 Å². The number of nitrogens with two attached hydrogens (primary N) is 1. The van der Waals surface area contributed by atoms with Crippen molar-refractivity contribution in [3.8, 4) is 0 Å². The predicted molar refractivity (Wildman–Crippen MR) is 82.3 cm³/mol. The lowest BCUT2D eigenvalue weighted by molar-refractivity contribution is 0.0557. The van der Waals surface area contributed by atoms with E-state index >= 15 is 0 Å². The highest BCUT2D eigenvalue weighted by Crippen LogP contribution is 2.32. The van der Waals surface area contributed by atoms with Crippen molar-refractivity contribution in [2.75, 3.05) is 39.3 Å². The molecule has 1 aliphatic carbocycles. The monoisotopic (exact) mass is 267 g/mol. The molecule has 3 heteroatoms. The number of nitrogens with zero attached hydrogens (tertiary/aromatic N) is 2. The minimum absolute atomic E-state index is 0.645. The van der Waals surface area contributed by atoms with Gasteiger partial charge in [0.25, 0.3) is 0 Å². The molecular weight excluding hydrogens is 234 g/mol. The summed E-state index contributed by atoms with van der Waals surface area (Å²) in [7, 11) is 0. The zero-order valence-electron chi connectivity index (χ0n) is 13.0. The summed E-state index contributed by atoms with van der Waals surface area (Å²) in [6.45, 7) is 11.8. The van der Waals surface area contributed by atoms with E-state index < -0.39 is 0 Å². The van der Waals surface area contributed by atoms with Gasteiger partial charge in [0, 0.05) is 38.8 Å². The number of hydrogen-bond acceptors (Lipinski definition) is 3. The maximum absolute atomic E-state index is 6.12. The van der Waals surface area contributed by atoms with Crippen molar-refractivity contribution in [3.05, 3.63) is 0 Å². The molecule has 1 aliphatic heterocycles. The van der Waals surface area contributed by atoms with Crippen LogP contribution in [0.15, 0.2) is 0 Å². The van der Waals surface area contributed by atoms with Crippen LogP contribution in [0.3, 0.4) is 0 Å². The summed E-state index contributed by atoms with van der Waals surface area (Å²) in [6, 6.07) is 0.645. The quantitative estimate of drug-likeness (QED) is 0.828. The van der Waals surface area contributed by atoms with E-state index in [9.17, 15) is 0 Å². The van der Waals surface area contributed by atoms with E-state index in [1.165, 1.54) is 64.8 Å². The third-order valence-corrected chi connectivity index (χ3v) is 5.18. The van der Waals surface area contributed by atoms with Crippen LogP contribution in [0.1, 0.15) is 46.0 Å². The first kappa shape index (κ1) is 15.3. The molecule has 112 valence electrons. The number of hydrogen-bond donors (Lipinski definition) is 1. The third kappa shape index (κ3) is 4.17. The Morgan fingerprint density at radius 2 is 1.89 bits per heavy atom. The van der Waals surface area contributed by atoms with E-state index in [2.05, 4.69) is 23.6 Å². The standard InChI is InChI=1S/C16H33N3/c1-3-7-18-8-10-19(11-9-18)16(13-17)15-6-4-5-14(2)12-15/h14-16H,3-13,17H2,1-2H3. The van der Waals surface area contributed by atoms with Gasteiger partial charge in [-0.25, -0.2) is 0 Å². The second-order valence-electron chi connectivity index (χ2n) is 6.71. The summed E-state index contributed by atoms with van der Waals surface area (Å²) in [5.41, 5.74) is 6.12. The second-order valence-corrected chi connectivity index (χ2v) is 6.71. The van der Waals surface area contributed by atoms with Crippen molar-refractivity contribution in [1.82, 2.24) is 9.80 Å². The Labute approximate surface area is 119 Å². The van der Waals surface area contributed by atoms with Crippen molar-refractivity contribution in [3.63, 3.8) is 0 Å². The molecule has 2 aliphatic rings. The van der Waals surface area contributed by atoms with Crippen LogP contribution < -0.4 is 5.73 Å². The van der Waals surface area contributed by atoms with Crippen molar-refractivity contribution in [2.24, 2.45) is 17.6 Å². The van der Waals surface area contributed by atoms with Crippen molar-refractivity contribution in [2.45, 2.75) is 52.0 Å². The molecule has 0 spiro atoms. The predicted octanol–water partition coefficient (Wildman–Crippen LogP) is 2.17. The van der Waals surface area contributed by atoms with Crippen LogP contribution in [0, 0.1) is 11.8 Å². The van der Waals surface area contributed by atoms with Crippen LogP contribution in [-0.2, 0) is 0 Å². The van der Waals surface area contributed by atoms with E-state index in [1.54, 1.807) is 0 Å². The van der Waals surface area contributed by atoms with E-state index in [-0.39, 0.29) is 0 Å². The molecule has 2 N–H and O–H groups in total. The third-order valence-electron chi connectivity index (χ3n) is 5.18. The summed E-state index contributed by atoms with van der Waals surface area (Å²) >= 11 is 0. The Morgan fingerprint density at radius 3 is 2.47 bits per heavy atom. The van der Waals surface area contributed by atoms with Gasteiger partial charge in [0.15, 0.2) is 0 Å². The molecule has 3 atom stereocenters.